The largest absolute Gasteiger partial charge is 0.469 e. The van der Waals surface area contributed by atoms with Crippen LogP contribution in [0.1, 0.15) is 18.4 Å². The third-order valence-corrected chi connectivity index (χ3v) is 2.77. The van der Waals surface area contributed by atoms with Crippen molar-refractivity contribution in [2.45, 2.75) is 12.8 Å². The SMILES string of the molecule is COC(=O)[C@@H](C)c1ccc(N)c(Br)c1. The highest BCUT2D eigenvalue weighted by Crippen LogP contribution is 2.25. The predicted octanol–water partition coefficient (Wildman–Crippen LogP) is 2.31. The average molecular weight is 258 g/mol. The molecule has 76 valence electrons. The Kier molecular flexibility index (Phi) is 3.52. The minimum Gasteiger partial charge on any atom is -0.469 e. The number of methoxy groups -OCH3 is 1. The van der Waals surface area contributed by atoms with E-state index in [-0.39, 0.29) is 11.9 Å². The summed E-state index contributed by atoms with van der Waals surface area (Å²) in [6, 6.07) is 5.41. The van der Waals surface area contributed by atoms with Crippen molar-refractivity contribution in [1.82, 2.24) is 0 Å². The highest BCUT2D eigenvalue weighted by atomic mass is 79.9. The first-order chi connectivity index (χ1) is 6.56. The van der Waals surface area contributed by atoms with Crippen LogP contribution in [0.5, 0.6) is 0 Å². The highest BCUT2D eigenvalue weighted by Gasteiger charge is 2.15. The van der Waals surface area contributed by atoms with Gasteiger partial charge in [0, 0.05) is 10.2 Å². The Hall–Kier alpha value is -1.03. The molecule has 0 unspecified atom stereocenters. The first-order valence-electron chi connectivity index (χ1n) is 4.19. The number of halogens is 1. The fourth-order valence-corrected chi connectivity index (χ4v) is 1.52. The molecule has 0 spiro atoms. The van der Waals surface area contributed by atoms with E-state index >= 15 is 0 Å². The molecule has 1 aromatic rings. The van der Waals surface area contributed by atoms with E-state index in [1.807, 2.05) is 12.1 Å². The molecule has 0 aliphatic carbocycles. The molecule has 0 aliphatic rings. The van der Waals surface area contributed by atoms with Gasteiger partial charge in [-0.1, -0.05) is 6.07 Å². The molecule has 0 saturated carbocycles. The molecule has 0 aromatic heterocycles. The molecule has 1 aromatic carbocycles. The first kappa shape index (κ1) is 11.0. The Morgan fingerprint density at radius 3 is 2.71 bits per heavy atom. The molecule has 0 radical (unpaired) electrons. The fraction of sp³-hybridized carbons (Fsp3) is 0.300. The standard InChI is InChI=1S/C10H12BrNO2/c1-6(10(13)14-2)7-3-4-9(12)8(11)5-7/h3-6H,12H2,1-2H3/t6-/m0/s1. The molecule has 1 rings (SSSR count). The van der Waals surface area contributed by atoms with Crippen LogP contribution in [-0.4, -0.2) is 13.1 Å². The Balaban J connectivity index is 2.96. The van der Waals surface area contributed by atoms with Gasteiger partial charge in [-0.25, -0.2) is 0 Å². The van der Waals surface area contributed by atoms with Gasteiger partial charge in [-0.05, 0) is 40.5 Å². The van der Waals surface area contributed by atoms with Gasteiger partial charge < -0.3 is 10.5 Å². The van der Waals surface area contributed by atoms with Crippen LogP contribution in [-0.2, 0) is 9.53 Å². The Labute approximate surface area is 91.4 Å². The summed E-state index contributed by atoms with van der Waals surface area (Å²) in [6.45, 7) is 1.80. The van der Waals surface area contributed by atoms with Crippen LogP contribution in [0.4, 0.5) is 5.69 Å². The van der Waals surface area contributed by atoms with Crippen LogP contribution >= 0.6 is 15.9 Å². The van der Waals surface area contributed by atoms with Crippen molar-refractivity contribution in [3.05, 3.63) is 28.2 Å². The Morgan fingerprint density at radius 1 is 1.57 bits per heavy atom. The summed E-state index contributed by atoms with van der Waals surface area (Å²) in [5.41, 5.74) is 7.18. The zero-order chi connectivity index (χ0) is 10.7. The first-order valence-corrected chi connectivity index (χ1v) is 4.98. The number of nitrogens with two attached hydrogens (primary N) is 1. The molecule has 1 atom stereocenters. The van der Waals surface area contributed by atoms with E-state index in [2.05, 4.69) is 20.7 Å². The number of benzene rings is 1. The number of hydrogen-bond acceptors (Lipinski definition) is 3. The van der Waals surface area contributed by atoms with Gasteiger partial charge in [0.05, 0.1) is 13.0 Å². The van der Waals surface area contributed by atoms with Crippen LogP contribution in [0.2, 0.25) is 0 Å². The van der Waals surface area contributed by atoms with Crippen molar-refractivity contribution in [2.75, 3.05) is 12.8 Å². The van der Waals surface area contributed by atoms with E-state index in [9.17, 15) is 4.79 Å². The van der Waals surface area contributed by atoms with Crippen LogP contribution < -0.4 is 5.73 Å². The summed E-state index contributed by atoms with van der Waals surface area (Å²) in [5, 5.41) is 0. The van der Waals surface area contributed by atoms with Crippen molar-refractivity contribution < 1.29 is 9.53 Å². The van der Waals surface area contributed by atoms with E-state index < -0.39 is 0 Å². The number of rotatable bonds is 2. The van der Waals surface area contributed by atoms with Gasteiger partial charge in [-0.2, -0.15) is 0 Å². The molecule has 0 aliphatic heterocycles. The molecule has 4 heteroatoms. The van der Waals surface area contributed by atoms with Gasteiger partial charge in [0.15, 0.2) is 0 Å². The summed E-state index contributed by atoms with van der Waals surface area (Å²) < 4.78 is 5.45. The van der Waals surface area contributed by atoms with Gasteiger partial charge in [-0.15, -0.1) is 0 Å². The minimum atomic E-state index is -0.267. The Bertz CT molecular complexity index is 352. The lowest BCUT2D eigenvalue weighted by Crippen LogP contribution is -2.10. The third-order valence-electron chi connectivity index (χ3n) is 2.08. The normalized spacial score (nSPS) is 12.2. The van der Waals surface area contributed by atoms with Crippen LogP contribution in [0, 0.1) is 0 Å². The number of anilines is 1. The smallest absolute Gasteiger partial charge is 0.312 e. The maximum absolute atomic E-state index is 11.2. The number of ether oxygens (including phenoxy) is 1. The lowest BCUT2D eigenvalue weighted by molar-refractivity contribution is -0.141. The van der Waals surface area contributed by atoms with Gasteiger partial charge in [0.1, 0.15) is 0 Å². The van der Waals surface area contributed by atoms with E-state index in [0.29, 0.717) is 5.69 Å². The summed E-state index contributed by atoms with van der Waals surface area (Å²) in [7, 11) is 1.38. The summed E-state index contributed by atoms with van der Waals surface area (Å²) in [5.74, 6) is -0.515. The van der Waals surface area contributed by atoms with Gasteiger partial charge in [-0.3, -0.25) is 4.79 Å². The van der Waals surface area contributed by atoms with Gasteiger partial charge >= 0.3 is 5.97 Å². The topological polar surface area (TPSA) is 52.3 Å². The van der Waals surface area contributed by atoms with Crippen molar-refractivity contribution in [1.29, 1.82) is 0 Å². The lowest BCUT2D eigenvalue weighted by Gasteiger charge is -2.10. The van der Waals surface area contributed by atoms with Crippen LogP contribution in [0.15, 0.2) is 22.7 Å². The van der Waals surface area contributed by atoms with Crippen molar-refractivity contribution in [3.63, 3.8) is 0 Å². The molecule has 2 N–H and O–H groups in total. The molecule has 0 bridgehead atoms. The zero-order valence-electron chi connectivity index (χ0n) is 8.08. The molecule has 0 saturated heterocycles. The number of nitrogen functional groups attached to an aromatic ring is 1. The highest BCUT2D eigenvalue weighted by molar-refractivity contribution is 9.10. The van der Waals surface area contributed by atoms with Crippen LogP contribution in [0.25, 0.3) is 0 Å². The van der Waals surface area contributed by atoms with Gasteiger partial charge in [0.2, 0.25) is 0 Å². The number of carbonyl (C=O) groups is 1. The van der Waals surface area contributed by atoms with E-state index in [0.717, 1.165) is 10.0 Å². The van der Waals surface area contributed by atoms with E-state index in [1.165, 1.54) is 7.11 Å². The predicted molar refractivity (Wildman–Crippen MR) is 59.0 cm³/mol. The van der Waals surface area contributed by atoms with E-state index in [4.69, 9.17) is 5.73 Å². The van der Waals surface area contributed by atoms with Crippen molar-refractivity contribution >= 4 is 27.6 Å². The summed E-state index contributed by atoms with van der Waals surface area (Å²) in [6.07, 6.45) is 0. The summed E-state index contributed by atoms with van der Waals surface area (Å²) in [4.78, 5) is 11.2. The monoisotopic (exact) mass is 257 g/mol. The molecule has 0 fully saturated rings. The fourth-order valence-electron chi connectivity index (χ4n) is 1.13. The third kappa shape index (κ3) is 2.26. The van der Waals surface area contributed by atoms with Crippen molar-refractivity contribution in [2.24, 2.45) is 0 Å². The lowest BCUT2D eigenvalue weighted by atomic mass is 10.0. The second-order valence-corrected chi connectivity index (χ2v) is 3.88. The minimum absolute atomic E-state index is 0.248. The number of hydrogen-bond donors (Lipinski definition) is 1. The number of carbonyl (C=O) groups excluding carboxylic acids is 1. The average Bonchev–Trinajstić information content (AvgIpc) is 2.20. The molecule has 0 heterocycles. The van der Waals surface area contributed by atoms with Gasteiger partial charge in [0.25, 0.3) is 0 Å². The molecule has 3 nitrogen and oxygen atoms in total. The maximum Gasteiger partial charge on any atom is 0.312 e. The molecular weight excluding hydrogens is 246 g/mol. The van der Waals surface area contributed by atoms with Crippen LogP contribution in [0.3, 0.4) is 0 Å². The second kappa shape index (κ2) is 4.46. The molecular formula is C10H12BrNO2. The molecule has 14 heavy (non-hydrogen) atoms. The van der Waals surface area contributed by atoms with Crippen molar-refractivity contribution in [3.8, 4) is 0 Å². The Morgan fingerprint density at radius 2 is 2.21 bits per heavy atom. The van der Waals surface area contributed by atoms with E-state index in [1.54, 1.807) is 13.0 Å². The second-order valence-electron chi connectivity index (χ2n) is 3.03. The number of esters is 1. The maximum atomic E-state index is 11.2. The quantitative estimate of drug-likeness (QED) is 0.654. The molecule has 0 amide bonds. The summed E-state index contributed by atoms with van der Waals surface area (Å²) >= 11 is 3.31. The zero-order valence-corrected chi connectivity index (χ0v) is 9.67.